The predicted octanol–water partition coefficient (Wildman–Crippen LogP) is -6.65. The molecule has 53 heavy (non-hydrogen) atoms. The van der Waals surface area contributed by atoms with Gasteiger partial charge in [0.2, 0.25) is 6.29 Å². The monoisotopic (exact) mass is 763 g/mol. The van der Waals surface area contributed by atoms with Crippen LogP contribution in [0.1, 0.15) is 20.7 Å². The summed E-state index contributed by atoms with van der Waals surface area (Å²) in [6.07, 6.45) is -18.0. The molecule has 0 aromatic heterocycles. The van der Waals surface area contributed by atoms with Crippen molar-refractivity contribution in [3.05, 3.63) is 11.1 Å². The van der Waals surface area contributed by atoms with Gasteiger partial charge in [-0.3, -0.25) is 28.8 Å². The molecule has 1 saturated carbocycles. The Hall–Kier alpha value is -6.32. The van der Waals surface area contributed by atoms with Crippen LogP contribution in [0.25, 0.3) is 0 Å². The van der Waals surface area contributed by atoms with Crippen molar-refractivity contribution in [2.24, 2.45) is 29.6 Å². The molecule has 1 aliphatic carbocycles. The molecule has 10 atom stereocenters. The van der Waals surface area contributed by atoms with Crippen molar-refractivity contribution in [2.75, 3.05) is 5.73 Å². The lowest BCUT2D eigenvalue weighted by Crippen LogP contribution is -2.63. The highest BCUT2D eigenvalue weighted by Gasteiger charge is 2.61. The van der Waals surface area contributed by atoms with Crippen molar-refractivity contribution in [1.82, 2.24) is 0 Å². The maximum atomic E-state index is 13.8. The number of carboxylic acids is 5. The molecule has 0 amide bonds. The van der Waals surface area contributed by atoms with E-state index in [0.717, 1.165) is 0 Å². The van der Waals surface area contributed by atoms with E-state index in [2.05, 4.69) is 4.74 Å². The van der Waals surface area contributed by atoms with Gasteiger partial charge in [0, 0.05) is 5.92 Å². The Balaban J connectivity index is 2.35. The molecule has 288 valence electrons. The standard InChI is InChI=1S/C27H25NO25/c28-8-13(33)4(25(48)53-27(50)23(45)46)2-11(31)7(21(41)42)26(49)51-17(2)18(8)52-24(47)3(14(34)15(35)16(36)22(43)44)1-9(29)5(19(37)38)12(32)6(10(1)30)20(39)40/h1,3,5-7,9-10,14-16,26,29-30,33-36,49H,28H2,(H,37,38)(H,39,40)(H,41,42)(H,43,44)(H,45,46). The summed E-state index contributed by atoms with van der Waals surface area (Å²) in [6, 6.07) is 0. The van der Waals surface area contributed by atoms with Crippen LogP contribution in [0.3, 0.4) is 0 Å². The molecule has 3 rings (SSSR count). The Bertz CT molecular complexity index is 1790. The van der Waals surface area contributed by atoms with Gasteiger partial charge in [-0.15, -0.1) is 0 Å². The molecule has 1 aromatic rings. The van der Waals surface area contributed by atoms with Gasteiger partial charge in [-0.1, -0.05) is 0 Å². The fourth-order valence-electron chi connectivity index (χ4n) is 5.62. The Morgan fingerprint density at radius 3 is 1.68 bits per heavy atom. The SMILES string of the molecule is Nc1c(O)c(C(=O)OC(=O)C(=O)O)c2c(c1OC(=O)C(C(O)C(O)C(O)C(=O)O)C1C(O)C(C(=O)O)C(=O)C(C(=O)O)C1O)OC(O)C(C(=O)O)C2=O. The highest BCUT2D eigenvalue weighted by molar-refractivity contribution is 6.32. The van der Waals surface area contributed by atoms with Gasteiger partial charge in [0.25, 0.3) is 0 Å². The van der Waals surface area contributed by atoms with Crippen LogP contribution >= 0.6 is 0 Å². The van der Waals surface area contributed by atoms with Gasteiger partial charge >= 0.3 is 47.8 Å². The van der Waals surface area contributed by atoms with Crippen molar-refractivity contribution in [3.63, 3.8) is 0 Å². The van der Waals surface area contributed by atoms with Crippen LogP contribution in [0.15, 0.2) is 0 Å². The second kappa shape index (κ2) is 15.1. The molecule has 0 saturated heterocycles. The topological polar surface area (TPSA) is 467 Å². The van der Waals surface area contributed by atoms with E-state index in [9.17, 15) is 99.0 Å². The molecule has 0 radical (unpaired) electrons. The number of carbonyl (C=O) groups excluding carboxylic acids is 5. The van der Waals surface area contributed by atoms with Crippen LogP contribution < -0.4 is 15.2 Å². The van der Waals surface area contributed by atoms with Crippen molar-refractivity contribution < 1.29 is 123 Å². The summed E-state index contributed by atoms with van der Waals surface area (Å²) in [5, 5.41) is 120. The number of hydrogen-bond donors (Lipinski definition) is 13. The number of hydrogen-bond acceptors (Lipinski definition) is 21. The number of fused-ring (bicyclic) bond motifs is 1. The molecule has 2 aliphatic rings. The molecule has 1 fully saturated rings. The van der Waals surface area contributed by atoms with E-state index >= 15 is 0 Å². The highest BCUT2D eigenvalue weighted by atomic mass is 16.6. The first kappa shape index (κ1) is 41.1. The summed E-state index contributed by atoms with van der Waals surface area (Å²) >= 11 is 0. The first-order valence-corrected chi connectivity index (χ1v) is 14.0. The number of nitrogen functional groups attached to an aromatic ring is 1. The summed E-state index contributed by atoms with van der Waals surface area (Å²) in [4.78, 5) is 122. The van der Waals surface area contributed by atoms with E-state index in [1.165, 1.54) is 0 Å². The minimum Gasteiger partial charge on any atom is -0.505 e. The zero-order valence-corrected chi connectivity index (χ0v) is 25.6. The number of aliphatic hydroxyl groups excluding tert-OH is 6. The number of benzene rings is 1. The normalized spacial score (nSPS) is 26.0. The lowest BCUT2D eigenvalue weighted by molar-refractivity contribution is -0.193. The van der Waals surface area contributed by atoms with E-state index in [1.54, 1.807) is 0 Å². The van der Waals surface area contributed by atoms with Crippen molar-refractivity contribution in [3.8, 4) is 17.2 Å². The maximum absolute atomic E-state index is 13.8. The van der Waals surface area contributed by atoms with E-state index in [1.807, 2.05) is 0 Å². The number of ether oxygens (including phenoxy) is 3. The van der Waals surface area contributed by atoms with Crippen molar-refractivity contribution >= 4 is 65.0 Å². The fraction of sp³-hybridized carbons (Fsp3) is 0.407. The third-order valence-electron chi connectivity index (χ3n) is 8.10. The number of phenolic OH excluding ortho intramolecular Hbond substituents is 1. The van der Waals surface area contributed by atoms with Gasteiger partial charge in [-0.25, -0.2) is 19.2 Å². The minimum atomic E-state index is -3.17. The summed E-state index contributed by atoms with van der Waals surface area (Å²) < 4.78 is 13.8. The lowest BCUT2D eigenvalue weighted by Gasteiger charge is -2.43. The number of ketones is 2. The van der Waals surface area contributed by atoms with Crippen LogP contribution in [0.5, 0.6) is 17.2 Å². The third kappa shape index (κ3) is 7.24. The lowest BCUT2D eigenvalue weighted by atomic mass is 9.64. The van der Waals surface area contributed by atoms with Crippen molar-refractivity contribution in [1.29, 1.82) is 0 Å². The Labute approximate surface area is 289 Å². The molecule has 1 aliphatic heterocycles. The first-order chi connectivity index (χ1) is 24.4. The molecule has 14 N–H and O–H groups in total. The van der Waals surface area contributed by atoms with E-state index in [-0.39, 0.29) is 0 Å². The number of anilines is 1. The molecule has 10 unspecified atom stereocenters. The summed E-state index contributed by atoms with van der Waals surface area (Å²) in [7, 11) is 0. The summed E-state index contributed by atoms with van der Waals surface area (Å²) in [6.45, 7) is 0. The second-order valence-corrected chi connectivity index (χ2v) is 11.1. The zero-order valence-electron chi connectivity index (χ0n) is 25.6. The minimum absolute atomic E-state index is 1.49. The van der Waals surface area contributed by atoms with Crippen molar-refractivity contribution in [2.45, 2.75) is 36.8 Å². The molecule has 26 nitrogen and oxygen atoms in total. The highest BCUT2D eigenvalue weighted by Crippen LogP contribution is 2.50. The zero-order chi connectivity index (χ0) is 40.7. The molecule has 1 aromatic carbocycles. The van der Waals surface area contributed by atoms with E-state index < -0.39 is 160 Å². The summed E-state index contributed by atoms with van der Waals surface area (Å²) in [5.41, 5.74) is 1.02. The number of aliphatic carboxylic acids is 5. The van der Waals surface area contributed by atoms with Gasteiger partial charge in [-0.2, -0.15) is 0 Å². The Morgan fingerprint density at radius 1 is 0.755 bits per heavy atom. The van der Waals surface area contributed by atoms with Gasteiger partial charge in [0.05, 0.1) is 29.8 Å². The quantitative estimate of drug-likeness (QED) is 0.0249. The van der Waals surface area contributed by atoms with Crippen LogP contribution in [0.4, 0.5) is 5.69 Å². The van der Waals surface area contributed by atoms with Crippen LogP contribution in [0, 0.1) is 29.6 Å². The average molecular weight is 763 g/mol. The average Bonchev–Trinajstić information content (AvgIpc) is 3.03. The van der Waals surface area contributed by atoms with Gasteiger partial charge in [-0.05, 0) is 0 Å². The molecule has 0 spiro atoms. The molecule has 0 bridgehead atoms. The number of carbonyl (C=O) groups is 10. The van der Waals surface area contributed by atoms with E-state index in [4.69, 9.17) is 25.4 Å². The first-order valence-electron chi connectivity index (χ1n) is 14.0. The molecule has 1 heterocycles. The molecular weight excluding hydrogens is 738 g/mol. The number of aromatic hydroxyl groups is 1. The second-order valence-electron chi connectivity index (χ2n) is 11.1. The Morgan fingerprint density at radius 2 is 1.25 bits per heavy atom. The van der Waals surface area contributed by atoms with E-state index in [0.29, 0.717) is 0 Å². The van der Waals surface area contributed by atoms with Crippen LogP contribution in [-0.2, 0) is 43.1 Å². The number of esters is 3. The van der Waals surface area contributed by atoms with Crippen LogP contribution in [0.2, 0.25) is 0 Å². The number of rotatable bonds is 11. The van der Waals surface area contributed by atoms with Gasteiger partial charge < -0.3 is 81.2 Å². The summed E-state index contributed by atoms with van der Waals surface area (Å²) in [5.74, 6) is -41.3. The third-order valence-corrected chi connectivity index (χ3v) is 8.10. The van der Waals surface area contributed by atoms with Crippen LogP contribution in [-0.4, -0.2) is 157 Å². The van der Waals surface area contributed by atoms with Gasteiger partial charge in [0.1, 0.15) is 29.2 Å². The number of phenols is 1. The maximum Gasteiger partial charge on any atom is 0.425 e. The number of carboxylic acid groups (broad SMARTS) is 5. The molecular formula is C27H25NO25. The smallest absolute Gasteiger partial charge is 0.425 e. The number of Topliss-reactive ketones (excluding diaryl/α,β-unsaturated/α-hetero) is 2. The fourth-order valence-corrected chi connectivity index (χ4v) is 5.62. The number of aliphatic hydroxyl groups is 6. The predicted molar refractivity (Wildman–Crippen MR) is 150 cm³/mol. The van der Waals surface area contributed by atoms with Gasteiger partial charge in [0.15, 0.2) is 40.8 Å². The largest absolute Gasteiger partial charge is 0.505 e. The Kier molecular flexibility index (Phi) is 11.7. The number of nitrogens with two attached hydrogens (primary N) is 1. The molecule has 26 heteroatoms.